The van der Waals surface area contributed by atoms with E-state index in [-0.39, 0.29) is 18.8 Å². The van der Waals surface area contributed by atoms with E-state index in [9.17, 15) is 14.0 Å². The number of aliphatic carboxylic acids is 1. The van der Waals surface area contributed by atoms with Gasteiger partial charge in [0.05, 0.1) is 5.69 Å². The van der Waals surface area contributed by atoms with Crippen LogP contribution >= 0.6 is 0 Å². The fourth-order valence-electron chi connectivity index (χ4n) is 1.61. The summed E-state index contributed by atoms with van der Waals surface area (Å²) < 4.78 is 18.2. The molecule has 1 aliphatic rings. The minimum absolute atomic E-state index is 0.0310. The molecule has 0 saturated carbocycles. The summed E-state index contributed by atoms with van der Waals surface area (Å²) in [4.78, 5) is 23.3. The molecule has 0 aliphatic carbocycles. The number of ether oxygens (including phenoxy) is 1. The molecule has 1 aromatic carbocycles. The van der Waals surface area contributed by atoms with Gasteiger partial charge in [-0.15, -0.1) is 0 Å². The normalized spacial score (nSPS) is 19.9. The summed E-state index contributed by atoms with van der Waals surface area (Å²) in [6.07, 6.45) is -0.729. The first-order chi connectivity index (χ1) is 8.09. The Kier molecular flexibility index (Phi) is 2.95. The minimum Gasteiger partial charge on any atom is -0.481 e. The third kappa shape index (κ3) is 2.20. The van der Waals surface area contributed by atoms with Gasteiger partial charge in [-0.1, -0.05) is 12.1 Å². The van der Waals surface area contributed by atoms with Gasteiger partial charge in [0, 0.05) is 6.54 Å². The van der Waals surface area contributed by atoms with Crippen LogP contribution in [0.5, 0.6) is 0 Å². The Hall–Kier alpha value is -2.11. The van der Waals surface area contributed by atoms with Gasteiger partial charge in [-0.05, 0) is 12.1 Å². The number of carbonyl (C=O) groups excluding carboxylic acids is 1. The van der Waals surface area contributed by atoms with Crippen LogP contribution in [0.1, 0.15) is 0 Å². The lowest BCUT2D eigenvalue weighted by Gasteiger charge is -2.30. The predicted molar refractivity (Wildman–Crippen MR) is 56.2 cm³/mol. The van der Waals surface area contributed by atoms with Crippen molar-refractivity contribution >= 4 is 17.7 Å². The Bertz CT molecular complexity index is 463. The molecule has 6 heteroatoms. The number of carbonyl (C=O) groups is 2. The van der Waals surface area contributed by atoms with Crippen molar-refractivity contribution in [3.63, 3.8) is 0 Å². The number of amides is 1. The van der Waals surface area contributed by atoms with Crippen LogP contribution in [0.4, 0.5) is 14.9 Å². The van der Waals surface area contributed by atoms with Crippen LogP contribution < -0.4 is 4.90 Å². The third-order valence-corrected chi connectivity index (χ3v) is 2.52. The van der Waals surface area contributed by atoms with E-state index < -0.39 is 23.8 Å². The molecule has 0 radical (unpaired) electrons. The van der Waals surface area contributed by atoms with Crippen molar-refractivity contribution < 1.29 is 23.8 Å². The number of para-hydroxylation sites is 1. The zero-order valence-electron chi connectivity index (χ0n) is 8.80. The van der Waals surface area contributed by atoms with Crippen LogP contribution in [0.3, 0.4) is 0 Å². The molecule has 0 spiro atoms. The molecule has 90 valence electrons. The maximum atomic E-state index is 13.5. The van der Waals surface area contributed by atoms with Gasteiger partial charge >= 0.3 is 12.1 Å². The predicted octanol–water partition coefficient (Wildman–Crippen LogP) is 1.48. The maximum Gasteiger partial charge on any atom is 0.414 e. The fraction of sp³-hybridized carbons (Fsp3) is 0.273. The Balaban J connectivity index is 2.27. The Morgan fingerprint density at radius 1 is 1.47 bits per heavy atom. The third-order valence-electron chi connectivity index (χ3n) is 2.52. The maximum absolute atomic E-state index is 13.5. The molecular weight excluding hydrogens is 229 g/mol. The molecule has 5 nitrogen and oxygen atoms in total. The van der Waals surface area contributed by atoms with E-state index >= 15 is 0 Å². The zero-order chi connectivity index (χ0) is 12.4. The standard InChI is InChI=1S/C11H10FNO4/c12-8-3-1-2-4-9(8)13-5-7(10(14)15)6-17-11(13)16/h1-4,7H,5-6H2,(H,14,15). The van der Waals surface area contributed by atoms with Gasteiger partial charge in [0.1, 0.15) is 18.3 Å². The number of hydrogen-bond donors (Lipinski definition) is 1. The van der Waals surface area contributed by atoms with Gasteiger partial charge in [-0.3, -0.25) is 9.69 Å². The van der Waals surface area contributed by atoms with Gasteiger partial charge in [-0.2, -0.15) is 0 Å². The molecule has 17 heavy (non-hydrogen) atoms. The summed E-state index contributed by atoms with van der Waals surface area (Å²) in [6.45, 7) is -0.270. The molecule has 1 atom stereocenters. The second kappa shape index (κ2) is 4.40. The number of hydrogen-bond acceptors (Lipinski definition) is 3. The van der Waals surface area contributed by atoms with Crippen molar-refractivity contribution in [1.82, 2.24) is 0 Å². The van der Waals surface area contributed by atoms with Gasteiger partial charge in [0.2, 0.25) is 0 Å². The highest BCUT2D eigenvalue weighted by Crippen LogP contribution is 2.23. The highest BCUT2D eigenvalue weighted by atomic mass is 19.1. The Morgan fingerprint density at radius 3 is 2.82 bits per heavy atom. The number of anilines is 1. The molecular formula is C11H10FNO4. The molecule has 1 aromatic rings. The molecule has 1 saturated heterocycles. The summed E-state index contributed by atoms with van der Waals surface area (Å²) in [6, 6.07) is 5.66. The zero-order valence-corrected chi connectivity index (χ0v) is 8.80. The number of nitrogens with zero attached hydrogens (tertiary/aromatic N) is 1. The fourth-order valence-corrected chi connectivity index (χ4v) is 1.61. The Labute approximate surface area is 96.4 Å². The average Bonchev–Trinajstić information content (AvgIpc) is 2.30. The topological polar surface area (TPSA) is 66.8 Å². The van der Waals surface area contributed by atoms with Crippen LogP contribution in [0.25, 0.3) is 0 Å². The lowest BCUT2D eigenvalue weighted by atomic mass is 10.1. The van der Waals surface area contributed by atoms with Crippen molar-refractivity contribution in [2.45, 2.75) is 0 Å². The second-order valence-electron chi connectivity index (χ2n) is 3.67. The number of halogens is 1. The van der Waals surface area contributed by atoms with E-state index in [4.69, 9.17) is 9.84 Å². The minimum atomic E-state index is -1.07. The lowest BCUT2D eigenvalue weighted by Crippen LogP contribution is -2.46. The number of carboxylic acids is 1. The monoisotopic (exact) mass is 239 g/mol. The van der Waals surface area contributed by atoms with Crippen LogP contribution in [0, 0.1) is 11.7 Å². The van der Waals surface area contributed by atoms with Crippen LogP contribution in [-0.4, -0.2) is 30.3 Å². The number of rotatable bonds is 2. The second-order valence-corrected chi connectivity index (χ2v) is 3.67. The largest absolute Gasteiger partial charge is 0.481 e. The quantitative estimate of drug-likeness (QED) is 0.848. The molecule has 1 amide bonds. The average molecular weight is 239 g/mol. The van der Waals surface area contributed by atoms with Crippen LogP contribution in [0.2, 0.25) is 0 Å². The van der Waals surface area contributed by atoms with Crippen LogP contribution in [-0.2, 0) is 9.53 Å². The van der Waals surface area contributed by atoms with Gasteiger partial charge < -0.3 is 9.84 Å². The van der Waals surface area contributed by atoms with Crippen molar-refractivity contribution in [3.8, 4) is 0 Å². The van der Waals surface area contributed by atoms with Crippen LogP contribution in [0.15, 0.2) is 24.3 Å². The van der Waals surface area contributed by atoms with E-state index in [1.165, 1.54) is 18.2 Å². The SMILES string of the molecule is O=C(O)C1COC(=O)N(c2ccccc2F)C1. The summed E-state index contributed by atoms with van der Waals surface area (Å²) in [5, 5.41) is 8.85. The molecule has 1 fully saturated rings. The first-order valence-electron chi connectivity index (χ1n) is 5.01. The molecule has 1 unspecified atom stereocenters. The summed E-state index contributed by atoms with van der Waals surface area (Å²) in [7, 11) is 0. The van der Waals surface area contributed by atoms with E-state index in [1.54, 1.807) is 6.07 Å². The molecule has 2 rings (SSSR count). The van der Waals surface area contributed by atoms with E-state index in [0.29, 0.717) is 0 Å². The van der Waals surface area contributed by atoms with E-state index in [0.717, 1.165) is 4.90 Å². The summed E-state index contributed by atoms with van der Waals surface area (Å²) in [5.41, 5.74) is 0.0310. The highest BCUT2D eigenvalue weighted by molar-refractivity contribution is 5.90. The van der Waals surface area contributed by atoms with Crippen molar-refractivity contribution in [2.24, 2.45) is 5.92 Å². The number of cyclic esters (lactones) is 1. The van der Waals surface area contributed by atoms with E-state index in [2.05, 4.69) is 0 Å². The Morgan fingerprint density at radius 2 is 2.18 bits per heavy atom. The summed E-state index contributed by atoms with van der Waals surface area (Å²) >= 11 is 0. The highest BCUT2D eigenvalue weighted by Gasteiger charge is 2.33. The first-order valence-corrected chi connectivity index (χ1v) is 5.01. The molecule has 0 bridgehead atoms. The van der Waals surface area contributed by atoms with Gasteiger partial charge in [0.25, 0.3) is 0 Å². The van der Waals surface area contributed by atoms with E-state index in [1.807, 2.05) is 0 Å². The molecule has 1 N–H and O–H groups in total. The number of carboxylic acid groups (broad SMARTS) is 1. The molecule has 1 heterocycles. The first kappa shape index (κ1) is 11.4. The van der Waals surface area contributed by atoms with Gasteiger partial charge in [0.15, 0.2) is 0 Å². The number of benzene rings is 1. The summed E-state index contributed by atoms with van der Waals surface area (Å²) in [5.74, 6) is -2.50. The van der Waals surface area contributed by atoms with Crippen molar-refractivity contribution in [3.05, 3.63) is 30.1 Å². The molecule has 1 aliphatic heterocycles. The van der Waals surface area contributed by atoms with Gasteiger partial charge in [-0.25, -0.2) is 9.18 Å². The van der Waals surface area contributed by atoms with Crippen molar-refractivity contribution in [1.29, 1.82) is 0 Å². The van der Waals surface area contributed by atoms with Crippen molar-refractivity contribution in [2.75, 3.05) is 18.1 Å². The molecule has 0 aromatic heterocycles. The smallest absolute Gasteiger partial charge is 0.414 e. The lowest BCUT2D eigenvalue weighted by molar-refractivity contribution is -0.143.